The highest BCUT2D eigenvalue weighted by atomic mass is 32.2. The molecular formula is C16H19N3O4S2. The fraction of sp³-hybridized carbons (Fsp3) is 0.250. The summed E-state index contributed by atoms with van der Waals surface area (Å²) in [5, 5.41) is 3.56. The second-order valence-corrected chi connectivity index (χ2v) is 7.98. The Morgan fingerprint density at radius 3 is 2.60 bits per heavy atom. The van der Waals surface area contributed by atoms with E-state index in [0.717, 1.165) is 10.8 Å². The zero-order valence-electron chi connectivity index (χ0n) is 14.1. The van der Waals surface area contributed by atoms with E-state index in [1.54, 1.807) is 24.0 Å². The van der Waals surface area contributed by atoms with Crippen LogP contribution in [0.1, 0.15) is 17.3 Å². The van der Waals surface area contributed by atoms with Crippen LogP contribution >= 0.6 is 11.8 Å². The van der Waals surface area contributed by atoms with Crippen LogP contribution in [0.5, 0.6) is 5.75 Å². The summed E-state index contributed by atoms with van der Waals surface area (Å²) in [6.45, 7) is 2.03. The van der Waals surface area contributed by atoms with Gasteiger partial charge in [-0.2, -0.15) is 0 Å². The Balaban J connectivity index is 2.26. The number of nitrogens with one attached hydrogen (secondary N) is 2. The number of nitrogens with zero attached hydrogens (tertiary/aromatic N) is 1. The van der Waals surface area contributed by atoms with Gasteiger partial charge in [-0.15, -0.1) is 11.8 Å². The van der Waals surface area contributed by atoms with Crippen LogP contribution in [-0.4, -0.2) is 39.2 Å². The van der Waals surface area contributed by atoms with Gasteiger partial charge < -0.3 is 10.1 Å². The van der Waals surface area contributed by atoms with Gasteiger partial charge in [0.2, 0.25) is 10.0 Å². The van der Waals surface area contributed by atoms with E-state index in [1.807, 2.05) is 13.0 Å². The SMILES string of the molecule is CCSc1ccc(NC(=O)c2ccc(OC)c(S(=O)(=O)NC)c2)cn1. The van der Waals surface area contributed by atoms with Crippen molar-refractivity contribution in [3.8, 4) is 5.75 Å². The number of ether oxygens (including phenoxy) is 1. The normalized spacial score (nSPS) is 11.2. The molecular weight excluding hydrogens is 362 g/mol. The predicted molar refractivity (Wildman–Crippen MR) is 97.8 cm³/mol. The molecule has 0 saturated carbocycles. The maximum atomic E-state index is 12.4. The van der Waals surface area contributed by atoms with E-state index in [-0.39, 0.29) is 16.2 Å². The summed E-state index contributed by atoms with van der Waals surface area (Å²) < 4.78 is 31.4. The highest BCUT2D eigenvalue weighted by molar-refractivity contribution is 7.99. The summed E-state index contributed by atoms with van der Waals surface area (Å²) in [6.07, 6.45) is 1.56. The molecule has 0 unspecified atom stereocenters. The number of pyridine rings is 1. The summed E-state index contributed by atoms with van der Waals surface area (Å²) in [7, 11) is -1.09. The van der Waals surface area contributed by atoms with Crippen molar-refractivity contribution < 1.29 is 17.9 Å². The number of amides is 1. The summed E-state index contributed by atoms with van der Waals surface area (Å²) in [6, 6.07) is 7.77. The van der Waals surface area contributed by atoms with Crippen LogP contribution in [0.3, 0.4) is 0 Å². The molecule has 0 fully saturated rings. The molecule has 1 aromatic carbocycles. The zero-order valence-corrected chi connectivity index (χ0v) is 15.7. The van der Waals surface area contributed by atoms with Gasteiger partial charge in [0.15, 0.2) is 0 Å². The first-order valence-corrected chi connectivity index (χ1v) is 9.90. The van der Waals surface area contributed by atoms with Gasteiger partial charge in [0.05, 0.1) is 24.0 Å². The van der Waals surface area contributed by atoms with E-state index in [9.17, 15) is 13.2 Å². The summed E-state index contributed by atoms with van der Waals surface area (Å²) in [4.78, 5) is 16.5. The number of aromatic nitrogens is 1. The van der Waals surface area contributed by atoms with Gasteiger partial charge in [0, 0.05) is 5.56 Å². The van der Waals surface area contributed by atoms with Crippen molar-refractivity contribution in [3.05, 3.63) is 42.1 Å². The van der Waals surface area contributed by atoms with E-state index in [2.05, 4.69) is 15.0 Å². The number of carbonyl (C=O) groups is 1. The zero-order chi connectivity index (χ0) is 18.4. The third-order valence-corrected chi connectivity index (χ3v) is 5.53. The van der Waals surface area contributed by atoms with Crippen molar-refractivity contribution in [3.63, 3.8) is 0 Å². The molecule has 0 bridgehead atoms. The molecule has 2 N–H and O–H groups in total. The van der Waals surface area contributed by atoms with Crippen LogP contribution in [0.25, 0.3) is 0 Å². The molecule has 0 aliphatic heterocycles. The molecule has 1 amide bonds. The molecule has 2 rings (SSSR count). The molecule has 0 aliphatic carbocycles. The second kappa shape index (κ2) is 8.32. The van der Waals surface area contributed by atoms with Gasteiger partial charge in [-0.1, -0.05) is 6.92 Å². The van der Waals surface area contributed by atoms with Crippen molar-refractivity contribution in [2.75, 3.05) is 25.2 Å². The minimum atomic E-state index is -3.75. The quantitative estimate of drug-likeness (QED) is 0.715. The van der Waals surface area contributed by atoms with Crippen LogP contribution in [-0.2, 0) is 10.0 Å². The first-order chi connectivity index (χ1) is 11.9. The van der Waals surface area contributed by atoms with E-state index in [4.69, 9.17) is 4.74 Å². The number of carbonyl (C=O) groups excluding carboxylic acids is 1. The number of methoxy groups -OCH3 is 1. The van der Waals surface area contributed by atoms with Crippen LogP contribution in [0.2, 0.25) is 0 Å². The number of anilines is 1. The Kier molecular flexibility index (Phi) is 6.40. The molecule has 25 heavy (non-hydrogen) atoms. The Bertz CT molecular complexity index is 852. The van der Waals surface area contributed by atoms with Gasteiger partial charge in [-0.3, -0.25) is 4.79 Å². The summed E-state index contributed by atoms with van der Waals surface area (Å²) in [5.41, 5.74) is 0.723. The van der Waals surface area contributed by atoms with E-state index < -0.39 is 15.9 Å². The molecule has 0 atom stereocenters. The number of sulfonamides is 1. The largest absolute Gasteiger partial charge is 0.495 e. The molecule has 1 heterocycles. The lowest BCUT2D eigenvalue weighted by Gasteiger charge is -2.11. The lowest BCUT2D eigenvalue weighted by Crippen LogP contribution is -2.20. The summed E-state index contributed by atoms with van der Waals surface area (Å²) in [5.74, 6) is 0.634. The average Bonchev–Trinajstić information content (AvgIpc) is 2.63. The minimum absolute atomic E-state index is 0.0991. The monoisotopic (exact) mass is 381 g/mol. The molecule has 0 aliphatic rings. The van der Waals surface area contributed by atoms with Crippen molar-refractivity contribution in [1.82, 2.24) is 9.71 Å². The lowest BCUT2D eigenvalue weighted by atomic mass is 10.2. The van der Waals surface area contributed by atoms with Gasteiger partial charge in [0.25, 0.3) is 5.91 Å². The Morgan fingerprint density at radius 1 is 1.28 bits per heavy atom. The van der Waals surface area contributed by atoms with E-state index >= 15 is 0 Å². The molecule has 1 aromatic heterocycles. The maximum Gasteiger partial charge on any atom is 0.255 e. The van der Waals surface area contributed by atoms with Crippen molar-refractivity contribution in [2.45, 2.75) is 16.8 Å². The van der Waals surface area contributed by atoms with Gasteiger partial charge in [-0.25, -0.2) is 18.1 Å². The van der Waals surface area contributed by atoms with Crippen LogP contribution in [0, 0.1) is 0 Å². The third kappa shape index (κ3) is 4.71. The van der Waals surface area contributed by atoms with Crippen LogP contribution < -0.4 is 14.8 Å². The Labute approximate surface area is 151 Å². The number of hydrogen-bond donors (Lipinski definition) is 2. The van der Waals surface area contributed by atoms with E-state index in [1.165, 1.54) is 32.4 Å². The Hall–Kier alpha value is -2.10. The molecule has 0 saturated heterocycles. The minimum Gasteiger partial charge on any atom is -0.495 e. The van der Waals surface area contributed by atoms with E-state index in [0.29, 0.717) is 5.69 Å². The lowest BCUT2D eigenvalue weighted by molar-refractivity contribution is 0.102. The molecule has 2 aromatic rings. The maximum absolute atomic E-state index is 12.4. The van der Waals surface area contributed by atoms with Gasteiger partial charge in [-0.05, 0) is 43.1 Å². The number of rotatable bonds is 7. The van der Waals surface area contributed by atoms with Crippen LogP contribution in [0.15, 0.2) is 46.5 Å². The third-order valence-electron chi connectivity index (χ3n) is 3.27. The highest BCUT2D eigenvalue weighted by Gasteiger charge is 2.20. The first-order valence-electron chi connectivity index (χ1n) is 7.43. The number of thioether (sulfide) groups is 1. The van der Waals surface area contributed by atoms with Crippen molar-refractivity contribution >= 4 is 33.4 Å². The predicted octanol–water partition coefficient (Wildman–Crippen LogP) is 2.36. The number of hydrogen-bond acceptors (Lipinski definition) is 6. The topological polar surface area (TPSA) is 97.4 Å². The second-order valence-electron chi connectivity index (χ2n) is 4.85. The molecule has 9 heteroatoms. The van der Waals surface area contributed by atoms with Gasteiger partial charge in [0.1, 0.15) is 10.6 Å². The van der Waals surface area contributed by atoms with Gasteiger partial charge >= 0.3 is 0 Å². The first kappa shape index (κ1) is 19.2. The molecule has 0 radical (unpaired) electrons. The summed E-state index contributed by atoms with van der Waals surface area (Å²) >= 11 is 1.60. The average molecular weight is 381 g/mol. The van der Waals surface area contributed by atoms with Crippen LogP contribution in [0.4, 0.5) is 5.69 Å². The molecule has 134 valence electrons. The fourth-order valence-corrected chi connectivity index (χ4v) is 3.53. The molecule has 7 nitrogen and oxygen atoms in total. The standard InChI is InChI=1S/C16H19N3O4S2/c1-4-24-15-8-6-12(10-18-15)19-16(20)11-5-7-13(23-3)14(9-11)25(21,22)17-2/h5-10,17H,4H2,1-3H3,(H,19,20). The fourth-order valence-electron chi connectivity index (χ4n) is 2.03. The molecule has 0 spiro atoms. The Morgan fingerprint density at radius 2 is 2.04 bits per heavy atom. The van der Waals surface area contributed by atoms with Crippen molar-refractivity contribution in [2.24, 2.45) is 0 Å². The smallest absolute Gasteiger partial charge is 0.255 e. The van der Waals surface area contributed by atoms with Crippen molar-refractivity contribution in [1.29, 1.82) is 0 Å². The highest BCUT2D eigenvalue weighted by Crippen LogP contribution is 2.25. The number of benzene rings is 1.